The van der Waals surface area contributed by atoms with E-state index in [1.54, 1.807) is 69.5 Å². The Hall–Kier alpha value is -3.61. The van der Waals surface area contributed by atoms with E-state index in [0.29, 0.717) is 34.0 Å². The Kier molecular flexibility index (Phi) is 5.21. The van der Waals surface area contributed by atoms with Gasteiger partial charge >= 0.3 is 0 Å². The molecule has 0 saturated heterocycles. The van der Waals surface area contributed by atoms with Crippen LogP contribution in [0.5, 0.6) is 5.75 Å². The lowest BCUT2D eigenvalue weighted by Crippen LogP contribution is -2.23. The molecular weight excluding hydrogens is 344 g/mol. The van der Waals surface area contributed by atoms with E-state index in [1.807, 2.05) is 6.07 Å². The first-order chi connectivity index (χ1) is 13.0. The zero-order chi connectivity index (χ0) is 19.4. The zero-order valence-corrected chi connectivity index (χ0v) is 15.3. The Labute approximate surface area is 156 Å². The molecule has 0 aliphatic rings. The van der Waals surface area contributed by atoms with Gasteiger partial charge in [-0.15, -0.1) is 0 Å². The highest BCUT2D eigenvalue weighted by atomic mass is 16.5. The van der Waals surface area contributed by atoms with Gasteiger partial charge in [-0.2, -0.15) is 5.10 Å². The number of carbonyl (C=O) groups excluding carboxylic acids is 1. The summed E-state index contributed by atoms with van der Waals surface area (Å²) in [6, 6.07) is 15.9. The summed E-state index contributed by atoms with van der Waals surface area (Å²) in [6.07, 6.45) is 0. The molecular formula is C20H20N4O3. The van der Waals surface area contributed by atoms with E-state index in [9.17, 15) is 9.59 Å². The van der Waals surface area contributed by atoms with Gasteiger partial charge < -0.3 is 4.74 Å². The van der Waals surface area contributed by atoms with E-state index in [-0.39, 0.29) is 11.5 Å². The highest BCUT2D eigenvalue weighted by Gasteiger charge is 2.15. The van der Waals surface area contributed by atoms with Crippen LogP contribution in [0, 0.1) is 6.92 Å². The van der Waals surface area contributed by atoms with E-state index < -0.39 is 0 Å². The monoisotopic (exact) mass is 364 g/mol. The fraction of sp³-hybridized carbons (Fsp3) is 0.150. The Balaban J connectivity index is 1.87. The number of hydrogen-bond acceptors (Lipinski definition) is 4. The number of aryl methyl sites for hydroxylation is 1. The smallest absolute Gasteiger partial charge is 0.280 e. The van der Waals surface area contributed by atoms with Gasteiger partial charge in [0, 0.05) is 11.3 Å². The van der Waals surface area contributed by atoms with E-state index in [4.69, 9.17) is 4.74 Å². The molecule has 0 atom stereocenters. The first-order valence-corrected chi connectivity index (χ1v) is 8.37. The molecule has 1 amide bonds. The number of nitrogens with zero attached hydrogens (tertiary/aromatic N) is 2. The highest BCUT2D eigenvalue weighted by Crippen LogP contribution is 2.14. The number of methoxy groups -OCH3 is 1. The molecule has 0 aliphatic carbocycles. The normalized spacial score (nSPS) is 11.3. The minimum Gasteiger partial charge on any atom is -0.497 e. The van der Waals surface area contributed by atoms with Gasteiger partial charge in [0.2, 0.25) is 0 Å². The molecule has 7 heteroatoms. The number of carbonyl (C=O) groups is 1. The highest BCUT2D eigenvalue weighted by molar-refractivity contribution is 6.01. The number of benzene rings is 2. The minimum absolute atomic E-state index is 0.243. The van der Waals surface area contributed by atoms with Crippen LogP contribution in [0.3, 0.4) is 0 Å². The van der Waals surface area contributed by atoms with Crippen LogP contribution in [-0.4, -0.2) is 28.5 Å². The average molecular weight is 364 g/mol. The van der Waals surface area contributed by atoms with Gasteiger partial charge in [-0.3, -0.25) is 14.7 Å². The number of aromatic nitrogens is 2. The molecule has 2 N–H and O–H groups in total. The Morgan fingerprint density at radius 1 is 1.11 bits per heavy atom. The van der Waals surface area contributed by atoms with Crippen molar-refractivity contribution in [2.75, 3.05) is 7.11 Å². The molecule has 0 spiro atoms. The third-order valence-corrected chi connectivity index (χ3v) is 4.13. The predicted molar refractivity (Wildman–Crippen MR) is 104 cm³/mol. The largest absolute Gasteiger partial charge is 0.497 e. The van der Waals surface area contributed by atoms with Gasteiger partial charge in [0.05, 0.1) is 24.1 Å². The Morgan fingerprint density at radius 2 is 1.78 bits per heavy atom. The number of rotatable bonds is 5. The summed E-state index contributed by atoms with van der Waals surface area (Å²) in [5.74, 6) is 0.371. The molecule has 1 aromatic heterocycles. The van der Waals surface area contributed by atoms with Gasteiger partial charge in [-0.1, -0.05) is 18.2 Å². The van der Waals surface area contributed by atoms with E-state index >= 15 is 0 Å². The number of H-pyrrole nitrogens is 1. The first-order valence-electron chi connectivity index (χ1n) is 8.37. The molecule has 1 heterocycles. The topological polar surface area (TPSA) is 88.5 Å². The molecule has 0 fully saturated rings. The molecule has 0 aliphatic heterocycles. The summed E-state index contributed by atoms with van der Waals surface area (Å²) in [7, 11) is 1.58. The van der Waals surface area contributed by atoms with Gasteiger partial charge in [0.1, 0.15) is 5.75 Å². The number of aromatic amines is 1. The third-order valence-electron chi connectivity index (χ3n) is 4.13. The summed E-state index contributed by atoms with van der Waals surface area (Å²) >= 11 is 0. The second kappa shape index (κ2) is 7.74. The number of ether oxygens (including phenoxy) is 1. The zero-order valence-electron chi connectivity index (χ0n) is 15.3. The maximum Gasteiger partial charge on any atom is 0.280 e. The first kappa shape index (κ1) is 18.2. The SMILES string of the molecule is COc1ccc(-n2[nH]c(C)c(C(C)=NNC(=O)c3ccccc3)c2=O)cc1. The minimum atomic E-state index is -0.335. The number of hydrazone groups is 1. The summed E-state index contributed by atoms with van der Waals surface area (Å²) in [5, 5.41) is 7.13. The fourth-order valence-corrected chi connectivity index (χ4v) is 2.73. The fourth-order valence-electron chi connectivity index (χ4n) is 2.73. The van der Waals surface area contributed by atoms with Crippen LogP contribution in [0.25, 0.3) is 5.69 Å². The van der Waals surface area contributed by atoms with Gasteiger partial charge in [0.15, 0.2) is 0 Å². The molecule has 138 valence electrons. The molecule has 0 saturated carbocycles. The molecule has 3 rings (SSSR count). The molecule has 0 unspecified atom stereocenters. The van der Waals surface area contributed by atoms with Crippen molar-refractivity contribution >= 4 is 11.6 Å². The van der Waals surface area contributed by atoms with Gasteiger partial charge in [-0.25, -0.2) is 10.1 Å². The molecule has 3 aromatic rings. The van der Waals surface area contributed by atoms with Crippen molar-refractivity contribution in [1.29, 1.82) is 0 Å². The standard InChI is InChI=1S/C20H20N4O3/c1-13(21-22-19(25)15-7-5-4-6-8-15)18-14(2)23-24(20(18)26)16-9-11-17(27-3)12-10-16/h4-12,23H,1-3H3,(H,22,25). The van der Waals surface area contributed by atoms with Crippen molar-refractivity contribution in [3.8, 4) is 11.4 Å². The van der Waals surface area contributed by atoms with Crippen LogP contribution in [-0.2, 0) is 0 Å². The Bertz CT molecular complexity index is 1030. The number of amides is 1. The molecule has 0 bridgehead atoms. The van der Waals surface area contributed by atoms with Crippen LogP contribution in [0.15, 0.2) is 64.5 Å². The summed E-state index contributed by atoms with van der Waals surface area (Å²) in [5.41, 5.74) is 4.91. The van der Waals surface area contributed by atoms with Crippen molar-refractivity contribution in [3.63, 3.8) is 0 Å². The van der Waals surface area contributed by atoms with Crippen LogP contribution in [0.1, 0.15) is 28.5 Å². The van der Waals surface area contributed by atoms with Crippen molar-refractivity contribution in [2.24, 2.45) is 5.10 Å². The van der Waals surface area contributed by atoms with E-state index in [0.717, 1.165) is 0 Å². The van der Waals surface area contributed by atoms with Crippen molar-refractivity contribution in [2.45, 2.75) is 13.8 Å². The second-order valence-electron chi connectivity index (χ2n) is 5.95. The quantitative estimate of drug-likeness (QED) is 0.539. The lowest BCUT2D eigenvalue weighted by Gasteiger charge is -2.03. The summed E-state index contributed by atoms with van der Waals surface area (Å²) in [4.78, 5) is 24.9. The second-order valence-corrected chi connectivity index (χ2v) is 5.95. The van der Waals surface area contributed by atoms with Crippen molar-refractivity contribution in [1.82, 2.24) is 15.2 Å². The molecule has 7 nitrogen and oxygen atoms in total. The van der Waals surface area contributed by atoms with E-state index in [2.05, 4.69) is 15.6 Å². The van der Waals surface area contributed by atoms with Crippen molar-refractivity contribution < 1.29 is 9.53 Å². The number of hydrogen-bond donors (Lipinski definition) is 2. The van der Waals surface area contributed by atoms with Crippen molar-refractivity contribution in [3.05, 3.63) is 81.8 Å². The van der Waals surface area contributed by atoms with Crippen LogP contribution in [0.2, 0.25) is 0 Å². The summed E-state index contributed by atoms with van der Waals surface area (Å²) < 4.78 is 6.57. The third kappa shape index (κ3) is 3.82. The Morgan fingerprint density at radius 3 is 2.41 bits per heavy atom. The molecule has 0 radical (unpaired) electrons. The maximum absolute atomic E-state index is 12.8. The number of nitrogens with one attached hydrogen (secondary N) is 2. The van der Waals surface area contributed by atoms with Gasteiger partial charge in [-0.05, 0) is 50.2 Å². The van der Waals surface area contributed by atoms with Crippen LogP contribution < -0.4 is 15.7 Å². The van der Waals surface area contributed by atoms with Crippen LogP contribution in [0.4, 0.5) is 0 Å². The lowest BCUT2D eigenvalue weighted by atomic mass is 10.2. The average Bonchev–Trinajstić information content (AvgIpc) is 3.00. The predicted octanol–water partition coefficient (Wildman–Crippen LogP) is 2.64. The summed E-state index contributed by atoms with van der Waals surface area (Å²) in [6.45, 7) is 3.47. The lowest BCUT2D eigenvalue weighted by molar-refractivity contribution is 0.0955. The van der Waals surface area contributed by atoms with E-state index in [1.165, 1.54) is 4.68 Å². The van der Waals surface area contributed by atoms with Crippen LogP contribution >= 0.6 is 0 Å². The maximum atomic E-state index is 12.8. The van der Waals surface area contributed by atoms with Gasteiger partial charge in [0.25, 0.3) is 11.5 Å². The molecule has 2 aromatic carbocycles. The molecule has 27 heavy (non-hydrogen) atoms.